The molecule has 0 heterocycles. The molecule has 0 saturated heterocycles. The summed E-state index contributed by atoms with van der Waals surface area (Å²) in [5.41, 5.74) is 2.89. The minimum Gasteiger partial charge on any atom is -0.508 e. The van der Waals surface area contributed by atoms with Crippen LogP contribution in [0.4, 0.5) is 0 Å². The summed E-state index contributed by atoms with van der Waals surface area (Å²) >= 11 is 0. The highest BCUT2D eigenvalue weighted by Gasteiger charge is 2.19. The van der Waals surface area contributed by atoms with Crippen LogP contribution in [-0.4, -0.2) is 5.11 Å². The highest BCUT2D eigenvalue weighted by Crippen LogP contribution is 2.31. The monoisotopic (exact) mass is 230 g/mol. The van der Waals surface area contributed by atoms with Crippen LogP contribution in [0, 0.1) is 11.8 Å². The molecule has 0 amide bonds. The van der Waals surface area contributed by atoms with E-state index in [-0.39, 0.29) is 0 Å². The maximum absolute atomic E-state index is 9.26. The lowest BCUT2D eigenvalue weighted by Crippen LogP contribution is -2.16. The highest BCUT2D eigenvalue weighted by atomic mass is 16.3. The van der Waals surface area contributed by atoms with Crippen molar-refractivity contribution in [2.75, 3.05) is 0 Å². The normalized spacial score (nSPS) is 22.0. The molecule has 1 N–H and O–H groups in total. The van der Waals surface area contributed by atoms with Crippen LogP contribution in [-0.2, 0) is 6.42 Å². The van der Waals surface area contributed by atoms with Gasteiger partial charge in [-0.05, 0) is 62.1 Å². The number of hydrogen-bond acceptors (Lipinski definition) is 1. The van der Waals surface area contributed by atoms with Crippen molar-refractivity contribution in [1.82, 2.24) is 0 Å². The van der Waals surface area contributed by atoms with Gasteiger partial charge in [-0.15, -0.1) is 0 Å². The predicted molar refractivity (Wildman–Crippen MR) is 72.1 cm³/mol. The van der Waals surface area contributed by atoms with Crippen molar-refractivity contribution in [3.63, 3.8) is 0 Å². The Hall–Kier alpha value is -1.24. The number of phenols is 1. The maximum Gasteiger partial charge on any atom is 0.115 e. The molecular formula is C16H22O. The number of aromatic hydroxyl groups is 1. The van der Waals surface area contributed by atoms with Gasteiger partial charge in [-0.2, -0.15) is 0 Å². The minimum absolute atomic E-state index is 0.359. The second-order valence-electron chi connectivity index (χ2n) is 5.43. The zero-order valence-corrected chi connectivity index (χ0v) is 10.8. The second-order valence-corrected chi connectivity index (χ2v) is 5.43. The third-order valence-corrected chi connectivity index (χ3v) is 3.98. The zero-order valence-electron chi connectivity index (χ0n) is 10.8. The summed E-state index contributed by atoms with van der Waals surface area (Å²) in [6.07, 6.45) is 7.37. The van der Waals surface area contributed by atoms with Crippen molar-refractivity contribution in [3.05, 3.63) is 41.5 Å². The second kappa shape index (κ2) is 5.39. The van der Waals surface area contributed by atoms with Gasteiger partial charge in [-0.25, -0.2) is 0 Å². The molecule has 0 saturated carbocycles. The molecule has 0 aromatic heterocycles. The Morgan fingerprint density at radius 3 is 2.59 bits per heavy atom. The molecule has 0 fully saturated rings. The van der Waals surface area contributed by atoms with E-state index in [0.29, 0.717) is 5.75 Å². The summed E-state index contributed by atoms with van der Waals surface area (Å²) in [5, 5.41) is 9.26. The molecule has 1 aliphatic rings. The van der Waals surface area contributed by atoms with E-state index in [9.17, 15) is 5.11 Å². The van der Waals surface area contributed by atoms with Gasteiger partial charge in [0.05, 0.1) is 0 Å². The lowest BCUT2D eigenvalue weighted by atomic mass is 9.79. The van der Waals surface area contributed by atoms with Gasteiger partial charge in [0.15, 0.2) is 0 Å². The molecule has 1 heteroatoms. The van der Waals surface area contributed by atoms with Crippen molar-refractivity contribution >= 4 is 0 Å². The van der Waals surface area contributed by atoms with E-state index < -0.39 is 0 Å². The molecule has 0 bridgehead atoms. The molecule has 1 aliphatic carbocycles. The van der Waals surface area contributed by atoms with Gasteiger partial charge in [0, 0.05) is 0 Å². The fraction of sp³-hybridized carbons (Fsp3) is 0.500. The van der Waals surface area contributed by atoms with Crippen LogP contribution in [0.1, 0.15) is 38.7 Å². The molecule has 17 heavy (non-hydrogen) atoms. The third-order valence-electron chi connectivity index (χ3n) is 3.98. The van der Waals surface area contributed by atoms with Crippen LogP contribution in [0.15, 0.2) is 35.9 Å². The summed E-state index contributed by atoms with van der Waals surface area (Å²) in [6.45, 7) is 4.59. The fourth-order valence-electron chi connectivity index (χ4n) is 2.67. The van der Waals surface area contributed by atoms with E-state index >= 15 is 0 Å². The van der Waals surface area contributed by atoms with Gasteiger partial charge in [0.2, 0.25) is 0 Å². The van der Waals surface area contributed by atoms with Crippen molar-refractivity contribution in [2.24, 2.45) is 11.8 Å². The van der Waals surface area contributed by atoms with E-state index in [1.807, 2.05) is 12.1 Å². The fourth-order valence-corrected chi connectivity index (χ4v) is 2.67. The molecule has 0 spiro atoms. The molecule has 1 nitrogen and oxygen atoms in total. The smallest absolute Gasteiger partial charge is 0.115 e. The highest BCUT2D eigenvalue weighted by molar-refractivity contribution is 5.26. The van der Waals surface area contributed by atoms with Crippen molar-refractivity contribution in [2.45, 2.75) is 39.5 Å². The van der Waals surface area contributed by atoms with Crippen molar-refractivity contribution < 1.29 is 5.11 Å². The van der Waals surface area contributed by atoms with Crippen molar-refractivity contribution in [3.8, 4) is 5.75 Å². The van der Waals surface area contributed by atoms with Crippen LogP contribution in [0.5, 0.6) is 5.75 Å². The molecule has 1 aromatic carbocycles. The van der Waals surface area contributed by atoms with Crippen LogP contribution >= 0.6 is 0 Å². The topological polar surface area (TPSA) is 20.2 Å². The summed E-state index contributed by atoms with van der Waals surface area (Å²) in [6, 6.07) is 7.64. The lowest BCUT2D eigenvalue weighted by molar-refractivity contribution is 0.325. The average molecular weight is 230 g/mol. The van der Waals surface area contributed by atoms with Crippen LogP contribution in [0.2, 0.25) is 0 Å². The number of benzene rings is 1. The van der Waals surface area contributed by atoms with Crippen LogP contribution < -0.4 is 0 Å². The van der Waals surface area contributed by atoms with Gasteiger partial charge in [0.25, 0.3) is 0 Å². The number of phenolic OH excluding ortho intramolecular Hbond substituents is 1. The SMILES string of the molecule is CC1=CC[C@H]([C@@H](C)Cc2ccc(O)cc2)CC1. The predicted octanol–water partition coefficient (Wildman–Crippen LogP) is 4.32. The third kappa shape index (κ3) is 3.36. The first-order chi connectivity index (χ1) is 8.15. The molecule has 0 unspecified atom stereocenters. The van der Waals surface area contributed by atoms with Gasteiger partial charge in [0.1, 0.15) is 5.75 Å². The summed E-state index contributed by atoms with van der Waals surface area (Å²) in [5.74, 6) is 1.91. The first kappa shape index (κ1) is 12.2. The van der Waals surface area contributed by atoms with E-state index in [4.69, 9.17) is 0 Å². The molecule has 92 valence electrons. The number of hydrogen-bond donors (Lipinski definition) is 1. The summed E-state index contributed by atoms with van der Waals surface area (Å²) in [7, 11) is 0. The molecule has 0 aliphatic heterocycles. The van der Waals surface area contributed by atoms with E-state index in [1.54, 1.807) is 17.7 Å². The van der Waals surface area contributed by atoms with Crippen LogP contribution in [0.25, 0.3) is 0 Å². The quantitative estimate of drug-likeness (QED) is 0.767. The first-order valence-corrected chi connectivity index (χ1v) is 6.58. The molecule has 1 aromatic rings. The average Bonchev–Trinajstić information content (AvgIpc) is 2.33. The molecule has 0 radical (unpaired) electrons. The molecule has 2 rings (SSSR count). The standard InChI is InChI=1S/C16H22O/c1-12-3-7-15(8-4-12)13(2)11-14-5-9-16(17)10-6-14/h3,5-6,9-10,13,15,17H,4,7-8,11H2,1-2H3/t13-,15-/m0/s1. The van der Waals surface area contributed by atoms with Gasteiger partial charge >= 0.3 is 0 Å². The van der Waals surface area contributed by atoms with Crippen molar-refractivity contribution in [1.29, 1.82) is 0 Å². The van der Waals surface area contributed by atoms with E-state index in [2.05, 4.69) is 19.9 Å². The van der Waals surface area contributed by atoms with Gasteiger partial charge in [-0.3, -0.25) is 0 Å². The Morgan fingerprint density at radius 1 is 1.29 bits per heavy atom. The largest absolute Gasteiger partial charge is 0.508 e. The minimum atomic E-state index is 0.359. The maximum atomic E-state index is 9.26. The zero-order chi connectivity index (χ0) is 12.3. The van der Waals surface area contributed by atoms with Gasteiger partial charge in [-0.1, -0.05) is 30.7 Å². The molecule has 2 atom stereocenters. The Morgan fingerprint density at radius 2 is 2.00 bits per heavy atom. The summed E-state index contributed by atoms with van der Waals surface area (Å²) in [4.78, 5) is 0. The Bertz CT molecular complexity index is 388. The van der Waals surface area contributed by atoms with E-state index in [0.717, 1.165) is 18.3 Å². The summed E-state index contributed by atoms with van der Waals surface area (Å²) < 4.78 is 0. The Balaban J connectivity index is 1.93. The van der Waals surface area contributed by atoms with Crippen LogP contribution in [0.3, 0.4) is 0 Å². The Labute approximate surface area is 104 Å². The lowest BCUT2D eigenvalue weighted by Gasteiger charge is -2.26. The number of allylic oxidation sites excluding steroid dienone is 2. The van der Waals surface area contributed by atoms with Gasteiger partial charge < -0.3 is 5.11 Å². The Kier molecular flexibility index (Phi) is 3.88. The number of rotatable bonds is 3. The first-order valence-electron chi connectivity index (χ1n) is 6.58. The molecular weight excluding hydrogens is 208 g/mol. The van der Waals surface area contributed by atoms with E-state index in [1.165, 1.54) is 24.8 Å².